The lowest BCUT2D eigenvalue weighted by atomic mass is 10.1. The molecule has 1 amide bonds. The summed E-state index contributed by atoms with van der Waals surface area (Å²) >= 11 is 0. The number of halogens is 2. The molecular weight excluding hydrogens is 292 g/mol. The zero-order valence-corrected chi connectivity index (χ0v) is 11.5. The van der Waals surface area contributed by atoms with Crippen LogP contribution in [-0.2, 0) is 4.74 Å². The van der Waals surface area contributed by atoms with Gasteiger partial charge in [0.25, 0.3) is 0 Å². The molecule has 1 aromatic carbocycles. The number of cyclic esters (lactones) is 1. The van der Waals surface area contributed by atoms with Crippen molar-refractivity contribution in [3.8, 4) is 11.1 Å². The summed E-state index contributed by atoms with van der Waals surface area (Å²) in [5.41, 5.74) is 6.58. The van der Waals surface area contributed by atoms with Crippen LogP contribution < -0.4 is 10.6 Å². The molecule has 1 fully saturated rings. The summed E-state index contributed by atoms with van der Waals surface area (Å²) in [6.07, 6.45) is 0.310. The van der Waals surface area contributed by atoms with Crippen LogP contribution >= 0.6 is 0 Å². The summed E-state index contributed by atoms with van der Waals surface area (Å²) in [4.78, 5) is 16.5. The largest absolute Gasteiger partial charge is 0.443 e. The van der Waals surface area contributed by atoms with Gasteiger partial charge < -0.3 is 10.5 Å². The van der Waals surface area contributed by atoms with Crippen molar-refractivity contribution in [3.63, 3.8) is 0 Å². The van der Waals surface area contributed by atoms with Crippen LogP contribution in [0.1, 0.15) is 0 Å². The number of rotatable bonds is 3. The maximum atomic E-state index is 14.3. The van der Waals surface area contributed by atoms with Crippen molar-refractivity contribution >= 4 is 11.8 Å². The second-order valence-electron chi connectivity index (χ2n) is 4.89. The number of benzene rings is 1. The fraction of sp³-hybridized carbons (Fsp3) is 0.200. The first kappa shape index (κ1) is 14.4. The van der Waals surface area contributed by atoms with Gasteiger partial charge >= 0.3 is 6.09 Å². The third-order valence-corrected chi connectivity index (χ3v) is 3.44. The van der Waals surface area contributed by atoms with Crippen LogP contribution in [0.15, 0.2) is 36.5 Å². The number of pyridine rings is 1. The number of carbonyl (C=O) groups is 1. The number of carbonyl (C=O) groups excluding carboxylic acids is 1. The van der Waals surface area contributed by atoms with Crippen LogP contribution in [0.25, 0.3) is 11.1 Å². The van der Waals surface area contributed by atoms with Crippen molar-refractivity contribution in [1.82, 2.24) is 4.98 Å². The van der Waals surface area contributed by atoms with Gasteiger partial charge in [0.1, 0.15) is 11.9 Å². The van der Waals surface area contributed by atoms with E-state index in [0.717, 1.165) is 6.07 Å². The molecule has 2 N–H and O–H groups in total. The average Bonchev–Trinajstić information content (AvgIpc) is 2.89. The van der Waals surface area contributed by atoms with E-state index in [9.17, 15) is 13.6 Å². The molecule has 1 saturated heterocycles. The predicted octanol–water partition coefficient (Wildman–Crippen LogP) is 2.31. The smallest absolute Gasteiger partial charge is 0.414 e. The topological polar surface area (TPSA) is 68.5 Å². The minimum absolute atomic E-state index is 0.212. The normalized spacial score (nSPS) is 17.7. The van der Waals surface area contributed by atoms with E-state index >= 15 is 0 Å². The highest BCUT2D eigenvalue weighted by Gasteiger charge is 2.31. The Kier molecular flexibility index (Phi) is 3.72. The van der Waals surface area contributed by atoms with Crippen LogP contribution in [0.3, 0.4) is 0 Å². The Labute approximate surface area is 125 Å². The summed E-state index contributed by atoms with van der Waals surface area (Å²) in [6, 6.07) is 6.95. The molecule has 0 radical (unpaired) electrons. The van der Waals surface area contributed by atoms with Crippen LogP contribution in [0.2, 0.25) is 0 Å². The van der Waals surface area contributed by atoms with Gasteiger partial charge in [0.05, 0.1) is 12.2 Å². The minimum atomic E-state index is -0.631. The average molecular weight is 305 g/mol. The number of ether oxygens (including phenoxy) is 1. The zero-order chi connectivity index (χ0) is 15.7. The van der Waals surface area contributed by atoms with Gasteiger partial charge in [-0.15, -0.1) is 0 Å². The van der Waals surface area contributed by atoms with Gasteiger partial charge in [-0.25, -0.2) is 14.2 Å². The molecule has 3 rings (SSSR count). The first-order valence-corrected chi connectivity index (χ1v) is 6.68. The molecule has 1 aromatic heterocycles. The van der Waals surface area contributed by atoms with Gasteiger partial charge in [-0.1, -0.05) is 0 Å². The fourth-order valence-corrected chi connectivity index (χ4v) is 2.30. The quantitative estimate of drug-likeness (QED) is 0.884. The summed E-state index contributed by atoms with van der Waals surface area (Å²) in [7, 11) is 0. The third-order valence-electron chi connectivity index (χ3n) is 3.44. The van der Waals surface area contributed by atoms with Crippen LogP contribution in [-0.4, -0.2) is 30.3 Å². The second kappa shape index (κ2) is 5.69. The Morgan fingerprint density at radius 2 is 2.14 bits per heavy atom. The molecule has 22 heavy (non-hydrogen) atoms. The molecule has 0 bridgehead atoms. The Balaban J connectivity index is 1.89. The van der Waals surface area contributed by atoms with E-state index < -0.39 is 24.0 Å². The number of nitrogens with two attached hydrogens (primary N) is 1. The van der Waals surface area contributed by atoms with Gasteiger partial charge in [0, 0.05) is 23.9 Å². The Morgan fingerprint density at radius 1 is 1.32 bits per heavy atom. The van der Waals surface area contributed by atoms with Crippen LogP contribution in [0.4, 0.5) is 19.3 Å². The lowest BCUT2D eigenvalue weighted by Gasteiger charge is -2.14. The van der Waals surface area contributed by atoms with E-state index in [0.29, 0.717) is 11.3 Å². The highest BCUT2D eigenvalue weighted by molar-refractivity contribution is 5.90. The van der Waals surface area contributed by atoms with Crippen molar-refractivity contribution in [2.24, 2.45) is 5.73 Å². The van der Waals surface area contributed by atoms with E-state index in [-0.39, 0.29) is 18.7 Å². The molecule has 114 valence electrons. The van der Waals surface area contributed by atoms with Crippen molar-refractivity contribution in [1.29, 1.82) is 0 Å². The standard InChI is InChI=1S/C15H13F2N3O2/c16-13-5-10(20-8-11(6-18)22-15(20)21)2-3-12(13)9-1-4-14(17)19-7-9/h1-5,7,11H,6,8,18H2/t11-/m0/s1. The molecule has 1 atom stereocenters. The van der Waals surface area contributed by atoms with Crippen molar-refractivity contribution < 1.29 is 18.3 Å². The van der Waals surface area contributed by atoms with Gasteiger partial charge in [-0.2, -0.15) is 4.39 Å². The summed E-state index contributed by atoms with van der Waals surface area (Å²) in [6.45, 7) is 0.496. The van der Waals surface area contributed by atoms with E-state index in [1.807, 2.05) is 0 Å². The molecule has 0 unspecified atom stereocenters. The third kappa shape index (κ3) is 2.62. The predicted molar refractivity (Wildman–Crippen MR) is 76.3 cm³/mol. The second-order valence-corrected chi connectivity index (χ2v) is 4.89. The lowest BCUT2D eigenvalue weighted by Crippen LogP contribution is -2.27. The maximum absolute atomic E-state index is 14.3. The van der Waals surface area contributed by atoms with Crippen molar-refractivity contribution in [2.75, 3.05) is 18.0 Å². The van der Waals surface area contributed by atoms with E-state index in [2.05, 4.69) is 4.98 Å². The zero-order valence-electron chi connectivity index (χ0n) is 11.5. The van der Waals surface area contributed by atoms with Gasteiger partial charge in [0.15, 0.2) is 0 Å². The van der Waals surface area contributed by atoms with Gasteiger partial charge in [-0.05, 0) is 30.3 Å². The van der Waals surface area contributed by atoms with Crippen molar-refractivity contribution in [3.05, 3.63) is 48.3 Å². The molecule has 0 aliphatic carbocycles. The number of hydrogen-bond donors (Lipinski definition) is 1. The molecule has 1 aliphatic rings. The first-order valence-electron chi connectivity index (χ1n) is 6.68. The Bertz CT molecular complexity index is 706. The molecule has 0 spiro atoms. The molecule has 7 heteroatoms. The van der Waals surface area contributed by atoms with Crippen LogP contribution in [0, 0.1) is 11.8 Å². The number of hydrogen-bond acceptors (Lipinski definition) is 4. The van der Waals surface area contributed by atoms with E-state index in [1.54, 1.807) is 6.07 Å². The molecule has 2 aromatic rings. The molecular formula is C15H13F2N3O2. The van der Waals surface area contributed by atoms with Crippen LogP contribution in [0.5, 0.6) is 0 Å². The Morgan fingerprint density at radius 3 is 2.73 bits per heavy atom. The summed E-state index contributed by atoms with van der Waals surface area (Å²) in [5, 5.41) is 0. The monoisotopic (exact) mass is 305 g/mol. The van der Waals surface area contributed by atoms with Crippen molar-refractivity contribution in [2.45, 2.75) is 6.10 Å². The molecule has 5 nitrogen and oxygen atoms in total. The molecule has 0 saturated carbocycles. The lowest BCUT2D eigenvalue weighted by molar-refractivity contribution is 0.145. The number of nitrogens with zero attached hydrogens (tertiary/aromatic N) is 2. The Hall–Kier alpha value is -2.54. The highest BCUT2D eigenvalue weighted by Crippen LogP contribution is 2.28. The SMILES string of the molecule is NC[C@H]1CN(c2ccc(-c3ccc(F)nc3)c(F)c2)C(=O)O1. The molecule has 1 aliphatic heterocycles. The number of aromatic nitrogens is 1. The first-order chi connectivity index (χ1) is 10.6. The summed E-state index contributed by atoms with van der Waals surface area (Å²) < 4.78 is 32.1. The highest BCUT2D eigenvalue weighted by atomic mass is 19.1. The fourth-order valence-electron chi connectivity index (χ4n) is 2.30. The number of anilines is 1. The van der Waals surface area contributed by atoms with E-state index in [4.69, 9.17) is 10.5 Å². The molecule has 2 heterocycles. The number of amides is 1. The van der Waals surface area contributed by atoms with E-state index in [1.165, 1.54) is 29.3 Å². The van der Waals surface area contributed by atoms with Gasteiger partial charge in [0.2, 0.25) is 5.95 Å². The summed E-state index contributed by atoms with van der Waals surface area (Å²) in [5.74, 6) is -1.16. The minimum Gasteiger partial charge on any atom is -0.443 e. The van der Waals surface area contributed by atoms with Gasteiger partial charge in [-0.3, -0.25) is 4.90 Å². The maximum Gasteiger partial charge on any atom is 0.414 e.